The quantitative estimate of drug-likeness (QED) is 0.747. The maximum Gasteiger partial charge on any atom is 0.435 e. The SMILES string of the molecule is CC(C)(C)Nc1nc(-c2c[nH]nc2C(F)(F)F)nc2cnccc12. The molecule has 24 heavy (non-hydrogen) atoms. The van der Waals surface area contributed by atoms with E-state index in [0.29, 0.717) is 16.7 Å². The van der Waals surface area contributed by atoms with Crippen LogP contribution in [0.2, 0.25) is 0 Å². The van der Waals surface area contributed by atoms with E-state index in [-0.39, 0.29) is 16.9 Å². The molecule has 9 heteroatoms. The second-order valence-corrected chi connectivity index (χ2v) is 6.31. The Morgan fingerprint density at radius 2 is 1.88 bits per heavy atom. The van der Waals surface area contributed by atoms with Gasteiger partial charge in [-0.3, -0.25) is 10.1 Å². The van der Waals surface area contributed by atoms with Crippen molar-refractivity contribution in [1.29, 1.82) is 0 Å². The molecule has 0 saturated heterocycles. The van der Waals surface area contributed by atoms with E-state index in [1.165, 1.54) is 6.20 Å². The minimum absolute atomic E-state index is 0.0664. The van der Waals surface area contributed by atoms with Gasteiger partial charge in [-0.1, -0.05) is 0 Å². The molecule has 0 spiro atoms. The van der Waals surface area contributed by atoms with E-state index < -0.39 is 11.9 Å². The molecule has 0 aromatic carbocycles. The molecule has 0 bridgehead atoms. The lowest BCUT2D eigenvalue weighted by Gasteiger charge is -2.22. The molecule has 0 unspecified atom stereocenters. The van der Waals surface area contributed by atoms with Crippen molar-refractivity contribution >= 4 is 16.7 Å². The Kier molecular flexibility index (Phi) is 3.66. The number of rotatable bonds is 2. The summed E-state index contributed by atoms with van der Waals surface area (Å²) in [5.41, 5.74) is -1.13. The van der Waals surface area contributed by atoms with Gasteiger partial charge in [0, 0.05) is 23.3 Å². The molecule has 0 amide bonds. The van der Waals surface area contributed by atoms with E-state index in [9.17, 15) is 13.2 Å². The molecular weight excluding hydrogens is 321 g/mol. The van der Waals surface area contributed by atoms with Gasteiger partial charge in [-0.2, -0.15) is 18.3 Å². The smallest absolute Gasteiger partial charge is 0.365 e. The van der Waals surface area contributed by atoms with Gasteiger partial charge in [0.2, 0.25) is 0 Å². The highest BCUT2D eigenvalue weighted by Gasteiger charge is 2.37. The van der Waals surface area contributed by atoms with Crippen LogP contribution in [0.25, 0.3) is 22.3 Å². The van der Waals surface area contributed by atoms with Crippen LogP contribution in [0, 0.1) is 0 Å². The first-order valence-corrected chi connectivity index (χ1v) is 7.16. The zero-order chi connectivity index (χ0) is 17.5. The highest BCUT2D eigenvalue weighted by Crippen LogP contribution is 2.35. The number of fused-ring (bicyclic) bond motifs is 1. The highest BCUT2D eigenvalue weighted by atomic mass is 19.4. The van der Waals surface area contributed by atoms with Gasteiger partial charge in [-0.25, -0.2) is 9.97 Å². The van der Waals surface area contributed by atoms with E-state index in [0.717, 1.165) is 6.20 Å². The van der Waals surface area contributed by atoms with Crippen LogP contribution in [0.3, 0.4) is 0 Å². The minimum atomic E-state index is -4.60. The first kappa shape index (κ1) is 16.2. The third-order valence-corrected chi connectivity index (χ3v) is 3.14. The summed E-state index contributed by atoms with van der Waals surface area (Å²) in [5, 5.41) is 9.39. The van der Waals surface area contributed by atoms with E-state index >= 15 is 0 Å². The molecule has 3 rings (SSSR count). The summed E-state index contributed by atoms with van der Waals surface area (Å²) >= 11 is 0. The van der Waals surface area contributed by atoms with Gasteiger partial charge in [-0.05, 0) is 26.8 Å². The molecular formula is C15H15F3N6. The number of H-pyrrole nitrogens is 1. The Bertz CT molecular complexity index is 879. The van der Waals surface area contributed by atoms with Crippen LogP contribution >= 0.6 is 0 Å². The molecule has 3 aromatic heterocycles. The van der Waals surface area contributed by atoms with Gasteiger partial charge in [0.15, 0.2) is 11.5 Å². The average Bonchev–Trinajstić information content (AvgIpc) is 2.95. The number of anilines is 1. The van der Waals surface area contributed by atoms with Gasteiger partial charge in [-0.15, -0.1) is 0 Å². The largest absolute Gasteiger partial charge is 0.435 e. The summed E-state index contributed by atoms with van der Waals surface area (Å²) in [4.78, 5) is 12.5. The Hall–Kier alpha value is -2.71. The number of pyridine rings is 1. The van der Waals surface area contributed by atoms with E-state index in [2.05, 4.69) is 30.5 Å². The number of alkyl halides is 3. The van der Waals surface area contributed by atoms with E-state index in [1.807, 2.05) is 20.8 Å². The van der Waals surface area contributed by atoms with Crippen molar-refractivity contribution in [3.05, 3.63) is 30.4 Å². The van der Waals surface area contributed by atoms with Gasteiger partial charge in [0.1, 0.15) is 5.82 Å². The van der Waals surface area contributed by atoms with Crippen LogP contribution in [-0.4, -0.2) is 30.7 Å². The standard InChI is InChI=1S/C15H15F3N6/c1-14(2,3)23-13-8-4-5-19-7-10(8)21-12(22-13)9-6-20-24-11(9)15(16,17)18/h4-7H,1-3H3,(H,20,24)(H,21,22,23). The van der Waals surface area contributed by atoms with Crippen molar-refractivity contribution in [1.82, 2.24) is 25.1 Å². The Labute approximate surface area is 135 Å². The summed E-state index contributed by atoms with van der Waals surface area (Å²) in [6.45, 7) is 5.79. The maximum absolute atomic E-state index is 13.1. The summed E-state index contributed by atoms with van der Waals surface area (Å²) in [6.07, 6.45) is -0.388. The van der Waals surface area contributed by atoms with Crippen molar-refractivity contribution in [3.8, 4) is 11.4 Å². The fraction of sp³-hybridized carbons (Fsp3) is 0.333. The molecule has 2 N–H and O–H groups in total. The number of hydrogen-bond acceptors (Lipinski definition) is 5. The van der Waals surface area contributed by atoms with Crippen molar-refractivity contribution in [3.63, 3.8) is 0 Å². The minimum Gasteiger partial charge on any atom is -0.365 e. The number of aromatic amines is 1. The number of aromatic nitrogens is 5. The predicted octanol–water partition coefficient (Wildman–Crippen LogP) is 3.64. The molecule has 3 aromatic rings. The molecule has 126 valence electrons. The summed E-state index contributed by atoms with van der Waals surface area (Å²) in [7, 11) is 0. The van der Waals surface area contributed by atoms with Crippen molar-refractivity contribution in [2.45, 2.75) is 32.5 Å². The predicted molar refractivity (Wildman–Crippen MR) is 83.3 cm³/mol. The van der Waals surface area contributed by atoms with Crippen LogP contribution in [0.15, 0.2) is 24.7 Å². The molecule has 6 nitrogen and oxygen atoms in total. The van der Waals surface area contributed by atoms with E-state index in [4.69, 9.17) is 0 Å². The van der Waals surface area contributed by atoms with Crippen LogP contribution in [0.5, 0.6) is 0 Å². The lowest BCUT2D eigenvalue weighted by atomic mass is 10.1. The lowest BCUT2D eigenvalue weighted by Crippen LogP contribution is -2.27. The summed E-state index contributed by atoms with van der Waals surface area (Å²) < 4.78 is 39.3. The average molecular weight is 336 g/mol. The van der Waals surface area contributed by atoms with Crippen molar-refractivity contribution in [2.24, 2.45) is 0 Å². The first-order valence-electron chi connectivity index (χ1n) is 7.16. The first-order chi connectivity index (χ1) is 11.1. The van der Waals surface area contributed by atoms with Gasteiger partial charge in [0.05, 0.1) is 17.3 Å². The number of halogens is 3. The summed E-state index contributed by atoms with van der Waals surface area (Å²) in [6, 6.07) is 1.72. The van der Waals surface area contributed by atoms with Gasteiger partial charge in [0.25, 0.3) is 0 Å². The van der Waals surface area contributed by atoms with Crippen LogP contribution in [0.1, 0.15) is 26.5 Å². The Balaban J connectivity index is 2.22. The number of hydrogen-bond donors (Lipinski definition) is 2. The molecule has 0 fully saturated rings. The van der Waals surface area contributed by atoms with E-state index in [1.54, 1.807) is 12.3 Å². The second kappa shape index (κ2) is 5.43. The molecule has 0 saturated carbocycles. The second-order valence-electron chi connectivity index (χ2n) is 6.31. The van der Waals surface area contributed by atoms with Crippen LogP contribution in [0.4, 0.5) is 19.0 Å². The fourth-order valence-electron chi connectivity index (χ4n) is 2.23. The van der Waals surface area contributed by atoms with Gasteiger partial charge < -0.3 is 5.32 Å². The maximum atomic E-state index is 13.1. The molecule has 0 aliphatic carbocycles. The van der Waals surface area contributed by atoms with Crippen molar-refractivity contribution < 1.29 is 13.2 Å². The molecule has 0 atom stereocenters. The Morgan fingerprint density at radius 1 is 1.12 bits per heavy atom. The van der Waals surface area contributed by atoms with Crippen LogP contribution < -0.4 is 5.32 Å². The zero-order valence-corrected chi connectivity index (χ0v) is 13.2. The van der Waals surface area contributed by atoms with Crippen molar-refractivity contribution in [2.75, 3.05) is 5.32 Å². The third-order valence-electron chi connectivity index (χ3n) is 3.14. The third kappa shape index (κ3) is 3.15. The highest BCUT2D eigenvalue weighted by molar-refractivity contribution is 5.90. The Morgan fingerprint density at radius 3 is 2.54 bits per heavy atom. The summed E-state index contributed by atoms with van der Waals surface area (Å²) in [5.74, 6) is 0.377. The molecule has 3 heterocycles. The number of nitrogens with zero attached hydrogens (tertiary/aromatic N) is 4. The zero-order valence-electron chi connectivity index (χ0n) is 13.2. The molecule has 0 aliphatic rings. The lowest BCUT2D eigenvalue weighted by molar-refractivity contribution is -0.140. The topological polar surface area (TPSA) is 79.4 Å². The fourth-order valence-corrected chi connectivity index (χ4v) is 2.23. The monoisotopic (exact) mass is 336 g/mol. The molecule has 0 aliphatic heterocycles. The van der Waals surface area contributed by atoms with Crippen LogP contribution in [-0.2, 0) is 6.18 Å². The van der Waals surface area contributed by atoms with Gasteiger partial charge >= 0.3 is 6.18 Å². The number of nitrogens with one attached hydrogen (secondary N) is 2. The molecule has 0 radical (unpaired) electrons. The normalized spacial score (nSPS) is 12.6.